The number of aromatic nitrogens is 1. The van der Waals surface area contributed by atoms with Crippen LogP contribution in [0, 0.1) is 6.92 Å². The van der Waals surface area contributed by atoms with Crippen molar-refractivity contribution in [3.8, 4) is 0 Å². The van der Waals surface area contributed by atoms with E-state index in [1.807, 2.05) is 6.92 Å². The van der Waals surface area contributed by atoms with Crippen molar-refractivity contribution in [1.82, 2.24) is 10.5 Å². The lowest BCUT2D eigenvalue weighted by atomic mass is 10.2. The third-order valence-corrected chi connectivity index (χ3v) is 2.28. The van der Waals surface area contributed by atoms with Gasteiger partial charge in [0.15, 0.2) is 0 Å². The number of rotatable bonds is 4. The smallest absolute Gasteiger partial charge is 0.256 e. The van der Waals surface area contributed by atoms with Gasteiger partial charge in [0.05, 0.1) is 6.20 Å². The van der Waals surface area contributed by atoms with Gasteiger partial charge < -0.3 is 9.84 Å². The molecule has 0 aliphatic rings. The number of nitrogens with one attached hydrogen (secondary N) is 1. The zero-order valence-electron chi connectivity index (χ0n) is 8.21. The Morgan fingerprint density at radius 2 is 2.50 bits per heavy atom. The molecule has 0 saturated heterocycles. The van der Waals surface area contributed by atoms with Crippen LogP contribution in [0.2, 0.25) is 0 Å². The molecule has 1 heterocycles. The zero-order chi connectivity index (χ0) is 10.6. The predicted octanol–water partition coefficient (Wildman–Crippen LogP) is 1.89. The van der Waals surface area contributed by atoms with Crippen LogP contribution in [0.5, 0.6) is 0 Å². The fourth-order valence-electron chi connectivity index (χ4n) is 0.997. The number of alkyl halides is 1. The van der Waals surface area contributed by atoms with E-state index in [1.54, 1.807) is 6.92 Å². The van der Waals surface area contributed by atoms with Gasteiger partial charge in [0.25, 0.3) is 5.91 Å². The van der Waals surface area contributed by atoms with E-state index in [4.69, 9.17) is 4.52 Å². The van der Waals surface area contributed by atoms with Crippen LogP contribution in [0.25, 0.3) is 0 Å². The summed E-state index contributed by atoms with van der Waals surface area (Å²) in [7, 11) is 0. The molecule has 0 spiro atoms. The molecule has 0 saturated carbocycles. The standard InChI is InChI=1S/C9H13BrN2O2/c1-6(10)3-4-11-9(13)8-5-12-14-7(8)2/h5-6H,3-4H2,1-2H3,(H,11,13). The first-order chi connectivity index (χ1) is 6.61. The van der Waals surface area contributed by atoms with Crippen LogP contribution < -0.4 is 5.32 Å². The van der Waals surface area contributed by atoms with Crippen molar-refractivity contribution >= 4 is 21.8 Å². The Morgan fingerprint density at radius 1 is 1.79 bits per heavy atom. The van der Waals surface area contributed by atoms with Crippen LogP contribution in [0.15, 0.2) is 10.7 Å². The zero-order valence-corrected chi connectivity index (χ0v) is 9.80. The average molecular weight is 261 g/mol. The van der Waals surface area contributed by atoms with Crippen molar-refractivity contribution in [2.75, 3.05) is 6.54 Å². The highest BCUT2D eigenvalue weighted by Gasteiger charge is 2.11. The third kappa shape index (κ3) is 3.14. The highest BCUT2D eigenvalue weighted by molar-refractivity contribution is 9.09. The maximum atomic E-state index is 11.5. The lowest BCUT2D eigenvalue weighted by molar-refractivity contribution is 0.0952. The Bertz CT molecular complexity index is 310. The SMILES string of the molecule is Cc1oncc1C(=O)NCCC(C)Br. The van der Waals surface area contributed by atoms with Gasteiger partial charge in [0, 0.05) is 11.4 Å². The first-order valence-corrected chi connectivity index (χ1v) is 5.36. The maximum Gasteiger partial charge on any atom is 0.256 e. The van der Waals surface area contributed by atoms with E-state index in [9.17, 15) is 4.79 Å². The topological polar surface area (TPSA) is 55.1 Å². The van der Waals surface area contributed by atoms with Crippen molar-refractivity contribution in [3.63, 3.8) is 0 Å². The van der Waals surface area contributed by atoms with E-state index >= 15 is 0 Å². The molecule has 0 aliphatic heterocycles. The lowest BCUT2D eigenvalue weighted by Crippen LogP contribution is -2.25. The number of hydrogen-bond donors (Lipinski definition) is 1. The second kappa shape index (κ2) is 5.14. The summed E-state index contributed by atoms with van der Waals surface area (Å²) in [5.41, 5.74) is 0.507. The normalized spacial score (nSPS) is 12.5. The average Bonchev–Trinajstić information content (AvgIpc) is 2.50. The summed E-state index contributed by atoms with van der Waals surface area (Å²) in [5.74, 6) is 0.422. The summed E-state index contributed by atoms with van der Waals surface area (Å²) < 4.78 is 4.79. The number of aryl methyl sites for hydroxylation is 1. The Labute approximate surface area is 91.2 Å². The number of hydrogen-bond acceptors (Lipinski definition) is 3. The predicted molar refractivity (Wildman–Crippen MR) is 56.6 cm³/mol. The number of amides is 1. The minimum absolute atomic E-state index is 0.128. The van der Waals surface area contributed by atoms with Crippen LogP contribution in [0.1, 0.15) is 29.5 Å². The molecule has 1 N–H and O–H groups in total. The molecule has 1 amide bonds. The van der Waals surface area contributed by atoms with Gasteiger partial charge in [0.2, 0.25) is 0 Å². The van der Waals surface area contributed by atoms with Crippen molar-refractivity contribution in [3.05, 3.63) is 17.5 Å². The van der Waals surface area contributed by atoms with Gasteiger partial charge in [-0.15, -0.1) is 0 Å². The van der Waals surface area contributed by atoms with Crippen LogP contribution >= 0.6 is 15.9 Å². The molecule has 5 heteroatoms. The quantitative estimate of drug-likeness (QED) is 0.842. The molecule has 1 aromatic heterocycles. The lowest BCUT2D eigenvalue weighted by Gasteiger charge is -2.04. The molecule has 0 aromatic carbocycles. The van der Waals surface area contributed by atoms with Crippen molar-refractivity contribution < 1.29 is 9.32 Å². The van der Waals surface area contributed by atoms with Gasteiger partial charge >= 0.3 is 0 Å². The first kappa shape index (κ1) is 11.2. The van der Waals surface area contributed by atoms with Crippen LogP contribution in [0.4, 0.5) is 0 Å². The van der Waals surface area contributed by atoms with Crippen molar-refractivity contribution in [1.29, 1.82) is 0 Å². The van der Waals surface area contributed by atoms with Crippen LogP contribution in [-0.2, 0) is 0 Å². The van der Waals surface area contributed by atoms with Crippen molar-refractivity contribution in [2.24, 2.45) is 0 Å². The molecule has 4 nitrogen and oxygen atoms in total. The monoisotopic (exact) mass is 260 g/mol. The summed E-state index contributed by atoms with van der Waals surface area (Å²) in [5, 5.41) is 6.33. The van der Waals surface area contributed by atoms with E-state index in [0.29, 0.717) is 22.7 Å². The first-order valence-electron chi connectivity index (χ1n) is 4.45. The Hall–Kier alpha value is -0.840. The highest BCUT2D eigenvalue weighted by Crippen LogP contribution is 2.06. The second-order valence-corrected chi connectivity index (χ2v) is 4.68. The van der Waals surface area contributed by atoms with E-state index in [2.05, 4.69) is 26.4 Å². The molecule has 0 fully saturated rings. The van der Waals surface area contributed by atoms with Gasteiger partial charge in [-0.05, 0) is 13.3 Å². The summed E-state index contributed by atoms with van der Waals surface area (Å²) >= 11 is 3.41. The minimum atomic E-state index is -0.128. The van der Waals surface area contributed by atoms with E-state index in [1.165, 1.54) is 6.20 Å². The van der Waals surface area contributed by atoms with Crippen LogP contribution in [-0.4, -0.2) is 22.4 Å². The maximum absolute atomic E-state index is 11.5. The molecule has 1 atom stereocenters. The highest BCUT2D eigenvalue weighted by atomic mass is 79.9. The van der Waals surface area contributed by atoms with E-state index < -0.39 is 0 Å². The molecule has 1 rings (SSSR count). The molecule has 14 heavy (non-hydrogen) atoms. The molecular formula is C9H13BrN2O2. The van der Waals surface area contributed by atoms with E-state index in [-0.39, 0.29) is 5.91 Å². The van der Waals surface area contributed by atoms with Crippen molar-refractivity contribution in [2.45, 2.75) is 25.1 Å². The Kier molecular flexibility index (Phi) is 4.13. The fraction of sp³-hybridized carbons (Fsp3) is 0.556. The summed E-state index contributed by atoms with van der Waals surface area (Å²) in [6, 6.07) is 0. The molecule has 0 bridgehead atoms. The number of carbonyl (C=O) groups is 1. The Balaban J connectivity index is 2.40. The third-order valence-electron chi connectivity index (χ3n) is 1.82. The molecule has 1 unspecified atom stereocenters. The molecule has 0 aliphatic carbocycles. The van der Waals surface area contributed by atoms with Crippen LogP contribution in [0.3, 0.4) is 0 Å². The fourth-order valence-corrected chi connectivity index (χ4v) is 1.23. The summed E-state index contributed by atoms with van der Waals surface area (Å²) in [6.45, 7) is 4.40. The summed E-state index contributed by atoms with van der Waals surface area (Å²) in [4.78, 5) is 11.9. The Morgan fingerprint density at radius 3 is 3.00 bits per heavy atom. The number of nitrogens with zero attached hydrogens (tertiary/aromatic N) is 1. The molecule has 1 aromatic rings. The molecule has 0 radical (unpaired) electrons. The molecular weight excluding hydrogens is 248 g/mol. The number of halogens is 1. The van der Waals surface area contributed by atoms with E-state index in [0.717, 1.165) is 6.42 Å². The van der Waals surface area contributed by atoms with Gasteiger partial charge in [0.1, 0.15) is 11.3 Å². The van der Waals surface area contributed by atoms with Gasteiger partial charge in [-0.2, -0.15) is 0 Å². The summed E-state index contributed by atoms with van der Waals surface area (Å²) in [6.07, 6.45) is 2.33. The second-order valence-electron chi connectivity index (χ2n) is 3.12. The van der Waals surface area contributed by atoms with Gasteiger partial charge in [-0.1, -0.05) is 28.0 Å². The number of carbonyl (C=O) groups excluding carboxylic acids is 1. The van der Waals surface area contributed by atoms with Gasteiger partial charge in [-0.25, -0.2) is 0 Å². The minimum Gasteiger partial charge on any atom is -0.361 e. The van der Waals surface area contributed by atoms with Gasteiger partial charge in [-0.3, -0.25) is 4.79 Å². The molecule has 78 valence electrons. The largest absolute Gasteiger partial charge is 0.361 e.